The maximum Gasteiger partial charge on any atom is 0.262 e. The van der Waals surface area contributed by atoms with Gasteiger partial charge in [0.15, 0.2) is 6.61 Å². The van der Waals surface area contributed by atoms with Crippen molar-refractivity contribution in [1.29, 1.82) is 0 Å². The van der Waals surface area contributed by atoms with Gasteiger partial charge in [-0.2, -0.15) is 0 Å². The Morgan fingerprint density at radius 3 is 2.62 bits per heavy atom. The molecule has 0 fully saturated rings. The van der Waals surface area contributed by atoms with Crippen molar-refractivity contribution in [3.63, 3.8) is 0 Å². The molecule has 0 aliphatic heterocycles. The number of halogens is 3. The number of carbonyl (C=O) groups excluding carboxylic acids is 1. The smallest absolute Gasteiger partial charge is 0.262 e. The van der Waals surface area contributed by atoms with Crippen LogP contribution in [0.25, 0.3) is 0 Å². The van der Waals surface area contributed by atoms with E-state index in [2.05, 4.69) is 5.32 Å². The van der Waals surface area contributed by atoms with E-state index in [1.807, 2.05) is 0 Å². The van der Waals surface area contributed by atoms with Crippen LogP contribution in [0.1, 0.15) is 0 Å². The van der Waals surface area contributed by atoms with Crippen molar-refractivity contribution in [2.45, 2.75) is 0 Å². The molecule has 0 aliphatic rings. The van der Waals surface area contributed by atoms with Crippen LogP contribution in [0, 0.1) is 5.82 Å². The van der Waals surface area contributed by atoms with Crippen molar-refractivity contribution in [3.8, 4) is 5.75 Å². The third-order valence-corrected chi connectivity index (χ3v) is 3.15. The van der Waals surface area contributed by atoms with Crippen molar-refractivity contribution in [2.75, 3.05) is 17.7 Å². The summed E-state index contributed by atoms with van der Waals surface area (Å²) < 4.78 is 18.4. The molecule has 0 spiro atoms. The molecule has 4 nitrogen and oxygen atoms in total. The number of nitrogen functional groups attached to an aromatic ring is 1. The summed E-state index contributed by atoms with van der Waals surface area (Å²) in [5, 5.41) is 2.87. The van der Waals surface area contributed by atoms with Gasteiger partial charge in [-0.3, -0.25) is 4.79 Å². The van der Waals surface area contributed by atoms with Gasteiger partial charge in [0.1, 0.15) is 11.6 Å². The molecule has 0 bridgehead atoms. The summed E-state index contributed by atoms with van der Waals surface area (Å²) in [4.78, 5) is 11.7. The Morgan fingerprint density at radius 2 is 1.95 bits per heavy atom. The largest absolute Gasteiger partial charge is 0.484 e. The second kappa shape index (κ2) is 6.65. The van der Waals surface area contributed by atoms with Gasteiger partial charge in [-0.1, -0.05) is 23.2 Å². The lowest BCUT2D eigenvalue weighted by molar-refractivity contribution is -0.118. The molecule has 3 N–H and O–H groups in total. The molecule has 7 heteroatoms. The van der Waals surface area contributed by atoms with E-state index in [-0.39, 0.29) is 17.4 Å². The van der Waals surface area contributed by atoms with E-state index >= 15 is 0 Å². The number of amides is 1. The first-order chi connectivity index (χ1) is 9.95. The summed E-state index contributed by atoms with van der Waals surface area (Å²) in [7, 11) is 0. The zero-order chi connectivity index (χ0) is 15.4. The van der Waals surface area contributed by atoms with Gasteiger partial charge >= 0.3 is 0 Å². The SMILES string of the molecule is Nc1ccc(NC(=O)COc2ccc(Cl)c(F)c2)c(Cl)c1. The number of hydrogen-bond acceptors (Lipinski definition) is 3. The number of carbonyl (C=O) groups is 1. The van der Waals surface area contributed by atoms with Crippen molar-refractivity contribution in [3.05, 3.63) is 52.3 Å². The van der Waals surface area contributed by atoms with E-state index in [0.717, 1.165) is 6.07 Å². The molecule has 0 radical (unpaired) electrons. The highest BCUT2D eigenvalue weighted by atomic mass is 35.5. The van der Waals surface area contributed by atoms with Crippen molar-refractivity contribution >= 4 is 40.5 Å². The van der Waals surface area contributed by atoms with E-state index < -0.39 is 11.7 Å². The normalized spacial score (nSPS) is 10.2. The van der Waals surface area contributed by atoms with Crippen LogP contribution in [0.15, 0.2) is 36.4 Å². The van der Waals surface area contributed by atoms with E-state index in [0.29, 0.717) is 16.4 Å². The fourth-order valence-electron chi connectivity index (χ4n) is 1.53. The molecule has 0 saturated carbocycles. The Balaban J connectivity index is 1.94. The van der Waals surface area contributed by atoms with Crippen LogP contribution in [-0.2, 0) is 4.79 Å². The lowest BCUT2D eigenvalue weighted by Gasteiger charge is -2.09. The lowest BCUT2D eigenvalue weighted by atomic mass is 10.3. The van der Waals surface area contributed by atoms with Crippen LogP contribution in [0.4, 0.5) is 15.8 Å². The number of benzene rings is 2. The Hall–Kier alpha value is -1.98. The van der Waals surface area contributed by atoms with Gasteiger partial charge in [0.25, 0.3) is 5.91 Å². The molecule has 0 saturated heterocycles. The average Bonchev–Trinajstić information content (AvgIpc) is 2.43. The van der Waals surface area contributed by atoms with Crippen LogP contribution in [0.5, 0.6) is 5.75 Å². The second-order valence-corrected chi connectivity index (χ2v) is 4.97. The highest BCUT2D eigenvalue weighted by molar-refractivity contribution is 6.34. The molecular weight excluding hydrogens is 318 g/mol. The molecule has 2 aromatic rings. The first-order valence-electron chi connectivity index (χ1n) is 5.88. The monoisotopic (exact) mass is 328 g/mol. The maximum absolute atomic E-state index is 13.2. The fraction of sp³-hybridized carbons (Fsp3) is 0.0714. The number of hydrogen-bond donors (Lipinski definition) is 2. The van der Waals surface area contributed by atoms with Crippen molar-refractivity contribution in [1.82, 2.24) is 0 Å². The molecule has 0 atom stereocenters. The Labute approximate surface area is 130 Å². The Morgan fingerprint density at radius 1 is 1.19 bits per heavy atom. The van der Waals surface area contributed by atoms with Gasteiger partial charge in [0, 0.05) is 11.8 Å². The minimum Gasteiger partial charge on any atom is -0.484 e. The average molecular weight is 329 g/mol. The van der Waals surface area contributed by atoms with Gasteiger partial charge in [-0.05, 0) is 30.3 Å². The molecule has 0 aromatic heterocycles. The molecule has 0 heterocycles. The molecule has 1 amide bonds. The van der Waals surface area contributed by atoms with Crippen LogP contribution in [0.2, 0.25) is 10.0 Å². The zero-order valence-corrected chi connectivity index (χ0v) is 12.2. The van der Waals surface area contributed by atoms with Crippen molar-refractivity contribution in [2.24, 2.45) is 0 Å². The summed E-state index contributed by atoms with van der Waals surface area (Å²) in [5.74, 6) is -0.844. The minimum absolute atomic E-state index is 0.0135. The first kappa shape index (κ1) is 15.4. The third-order valence-electron chi connectivity index (χ3n) is 2.53. The topological polar surface area (TPSA) is 64.3 Å². The second-order valence-electron chi connectivity index (χ2n) is 4.15. The molecule has 0 aliphatic carbocycles. The predicted octanol–water partition coefficient (Wildman–Crippen LogP) is 3.73. The highest BCUT2D eigenvalue weighted by Crippen LogP contribution is 2.24. The Kier molecular flexibility index (Phi) is 4.88. The van der Waals surface area contributed by atoms with Gasteiger partial charge in [0.05, 0.1) is 15.7 Å². The van der Waals surface area contributed by atoms with Crippen LogP contribution in [0.3, 0.4) is 0 Å². The van der Waals surface area contributed by atoms with Crippen LogP contribution in [-0.4, -0.2) is 12.5 Å². The van der Waals surface area contributed by atoms with Crippen LogP contribution < -0.4 is 15.8 Å². The first-order valence-corrected chi connectivity index (χ1v) is 6.64. The van der Waals surface area contributed by atoms with Crippen molar-refractivity contribution < 1.29 is 13.9 Å². The summed E-state index contributed by atoms with van der Waals surface area (Å²) in [5.41, 5.74) is 6.46. The highest BCUT2D eigenvalue weighted by Gasteiger charge is 2.08. The summed E-state index contributed by atoms with van der Waals surface area (Å²) >= 11 is 11.5. The number of ether oxygens (including phenoxy) is 1. The summed E-state index contributed by atoms with van der Waals surface area (Å²) in [6.07, 6.45) is 0. The summed E-state index contributed by atoms with van der Waals surface area (Å²) in [6.45, 7) is -0.290. The van der Waals surface area contributed by atoms with E-state index in [9.17, 15) is 9.18 Å². The predicted molar refractivity (Wildman–Crippen MR) is 81.4 cm³/mol. The number of rotatable bonds is 4. The number of nitrogens with one attached hydrogen (secondary N) is 1. The molecule has 0 unspecified atom stereocenters. The quantitative estimate of drug-likeness (QED) is 0.840. The maximum atomic E-state index is 13.2. The van der Waals surface area contributed by atoms with E-state index in [1.165, 1.54) is 18.2 Å². The van der Waals surface area contributed by atoms with Gasteiger partial charge in [-0.25, -0.2) is 4.39 Å². The molecular formula is C14H11Cl2FN2O2. The number of anilines is 2. The van der Waals surface area contributed by atoms with Gasteiger partial charge < -0.3 is 15.8 Å². The number of nitrogens with two attached hydrogens (primary N) is 1. The molecule has 2 rings (SSSR count). The molecule has 21 heavy (non-hydrogen) atoms. The zero-order valence-electron chi connectivity index (χ0n) is 10.7. The molecule has 2 aromatic carbocycles. The minimum atomic E-state index is -0.615. The summed E-state index contributed by atoms with van der Waals surface area (Å²) in [6, 6.07) is 8.63. The van der Waals surface area contributed by atoms with E-state index in [1.54, 1.807) is 12.1 Å². The standard InChI is InChI=1S/C14H11Cl2FN2O2/c15-10-3-2-9(6-12(10)17)21-7-14(20)19-13-4-1-8(18)5-11(13)16/h1-6H,7,18H2,(H,19,20). The Bertz CT molecular complexity index is 680. The fourth-order valence-corrected chi connectivity index (χ4v) is 1.89. The third kappa shape index (κ3) is 4.24. The van der Waals surface area contributed by atoms with Gasteiger partial charge in [0.2, 0.25) is 0 Å². The van der Waals surface area contributed by atoms with E-state index in [4.69, 9.17) is 33.7 Å². The van der Waals surface area contributed by atoms with Crippen LogP contribution >= 0.6 is 23.2 Å². The van der Waals surface area contributed by atoms with Gasteiger partial charge in [-0.15, -0.1) is 0 Å². The lowest BCUT2D eigenvalue weighted by Crippen LogP contribution is -2.20. The molecule has 110 valence electrons.